The number of hydrogen-bond donors (Lipinski definition) is 0. The number of nitrogens with zero attached hydrogens (tertiary/aromatic N) is 6. The molecule has 0 atom stereocenters. The van der Waals surface area contributed by atoms with E-state index in [2.05, 4.69) is 208 Å². The highest BCUT2D eigenvalue weighted by Gasteiger charge is 2.41. The quantitative estimate of drug-likeness (QED) is 0.0737. The fourth-order valence-electron chi connectivity index (χ4n) is 11.1. The third-order valence-corrected chi connectivity index (χ3v) is 19.6. The lowest BCUT2D eigenvalue weighted by Gasteiger charge is -2.34. The van der Waals surface area contributed by atoms with Crippen molar-refractivity contribution < 1.29 is 0 Å². The third kappa shape index (κ3) is 8.53. The maximum Gasteiger partial charge on any atom is 0.187 e. The molecule has 0 radical (unpaired) electrons. The summed E-state index contributed by atoms with van der Waals surface area (Å²) in [4.78, 5) is 23.2. The van der Waals surface area contributed by atoms with Crippen LogP contribution in [0.25, 0.3) is 105 Å². The van der Waals surface area contributed by atoms with Gasteiger partial charge < -0.3 is 4.57 Å². The van der Waals surface area contributed by atoms with Gasteiger partial charge in [-0.25, -0.2) is 24.6 Å². The predicted octanol–water partition coefficient (Wildman–Crippen LogP) is 15.4. The Morgan fingerprint density at radius 1 is 0.295 bits per heavy atom. The van der Waals surface area contributed by atoms with Crippen molar-refractivity contribution in [3.8, 4) is 73.2 Å². The van der Waals surface area contributed by atoms with Crippen LogP contribution < -0.4 is 20.7 Å². The highest BCUT2D eigenvalue weighted by Crippen LogP contribution is 2.41. The average molecular weight is 1010 g/mol. The Bertz CT molecular complexity index is 4150. The molecule has 78 heavy (non-hydrogen) atoms. The van der Waals surface area contributed by atoms with Gasteiger partial charge in [-0.2, -0.15) is 0 Å². The van der Waals surface area contributed by atoms with Crippen molar-refractivity contribution in [1.82, 2.24) is 19.5 Å². The van der Waals surface area contributed by atoms with Gasteiger partial charge in [0, 0.05) is 33.2 Å². The molecule has 0 saturated heterocycles. The molecule has 0 saturated carbocycles. The molecule has 0 fully saturated rings. The van der Waals surface area contributed by atoms with E-state index in [0.29, 0.717) is 28.8 Å². The molecular weight excluding hydrogens is 965 g/mol. The number of hydrogen-bond acceptors (Lipinski definition) is 3. The van der Waals surface area contributed by atoms with Crippen molar-refractivity contribution in [2.24, 2.45) is 0 Å². The van der Waals surface area contributed by atoms with E-state index < -0.39 is 8.07 Å². The fraction of sp³-hybridized carbons (Fsp3) is 0. The molecule has 0 unspecified atom stereocenters. The van der Waals surface area contributed by atoms with Gasteiger partial charge in [0.05, 0.1) is 24.2 Å². The molecule has 2 aromatic heterocycles. The topological polar surface area (TPSA) is 52.3 Å². The van der Waals surface area contributed by atoms with Gasteiger partial charge in [0.25, 0.3) is 0 Å². The van der Waals surface area contributed by atoms with Gasteiger partial charge in [0.2, 0.25) is 0 Å². The number of aromatic nitrogens is 4. The first kappa shape index (κ1) is 47.2. The minimum atomic E-state index is -2.92. The van der Waals surface area contributed by atoms with E-state index in [9.17, 15) is 0 Å². The first-order chi connectivity index (χ1) is 38.5. The Morgan fingerprint density at radius 3 is 1.14 bits per heavy atom. The third-order valence-electron chi connectivity index (χ3n) is 14.9. The van der Waals surface area contributed by atoms with Gasteiger partial charge in [-0.3, -0.25) is 0 Å². The van der Waals surface area contributed by atoms with Crippen molar-refractivity contribution in [3.63, 3.8) is 0 Å². The van der Waals surface area contributed by atoms with E-state index in [0.717, 1.165) is 77.6 Å². The molecule has 0 amide bonds. The Labute approximate surface area is 454 Å². The minimum absolute atomic E-state index is 0.554. The van der Waals surface area contributed by atoms with Gasteiger partial charge in [-0.1, -0.05) is 243 Å². The lowest BCUT2D eigenvalue weighted by molar-refractivity contribution is 1.07. The number of rotatable bonds is 11. The normalized spacial score (nSPS) is 11.3. The summed E-state index contributed by atoms with van der Waals surface area (Å²) in [5.41, 5.74) is 13.0. The first-order valence-corrected chi connectivity index (χ1v) is 27.9. The highest BCUT2D eigenvalue weighted by atomic mass is 28.3. The molecule has 0 N–H and O–H groups in total. The second kappa shape index (κ2) is 20.3. The van der Waals surface area contributed by atoms with Crippen molar-refractivity contribution in [3.05, 3.63) is 302 Å². The zero-order valence-electron chi connectivity index (χ0n) is 42.2. The van der Waals surface area contributed by atoms with Crippen LogP contribution in [-0.4, -0.2) is 27.6 Å². The van der Waals surface area contributed by atoms with Crippen molar-refractivity contribution in [2.45, 2.75) is 0 Å². The van der Waals surface area contributed by atoms with Crippen LogP contribution in [0.4, 0.5) is 11.4 Å². The molecule has 0 aliphatic rings. The van der Waals surface area contributed by atoms with Gasteiger partial charge in [0.1, 0.15) is 0 Å². The zero-order valence-corrected chi connectivity index (χ0v) is 43.2. The van der Waals surface area contributed by atoms with E-state index in [1.807, 2.05) is 84.9 Å². The minimum Gasteiger partial charge on any atom is -0.309 e. The van der Waals surface area contributed by atoms with E-state index in [4.69, 9.17) is 28.1 Å². The van der Waals surface area contributed by atoms with Crippen LogP contribution in [0.2, 0.25) is 0 Å². The molecule has 6 nitrogen and oxygen atoms in total. The molecule has 13 aromatic rings. The predicted molar refractivity (Wildman–Crippen MR) is 323 cm³/mol. The summed E-state index contributed by atoms with van der Waals surface area (Å²) in [6.45, 7) is 15.2. The summed E-state index contributed by atoms with van der Waals surface area (Å²) >= 11 is 0. The Balaban J connectivity index is 1.08. The van der Waals surface area contributed by atoms with Gasteiger partial charge >= 0.3 is 0 Å². The van der Waals surface area contributed by atoms with Gasteiger partial charge in [-0.15, -0.1) is 0 Å². The molecule has 364 valence electrons. The van der Waals surface area contributed by atoms with E-state index in [1.54, 1.807) is 0 Å². The summed E-state index contributed by atoms with van der Waals surface area (Å²) < 4.78 is 2.35. The molecule has 0 aliphatic heterocycles. The summed E-state index contributed by atoms with van der Waals surface area (Å²) in [7, 11) is -2.92. The summed E-state index contributed by atoms with van der Waals surface area (Å²) in [6.07, 6.45) is 0. The second-order valence-electron chi connectivity index (χ2n) is 19.3. The van der Waals surface area contributed by atoms with Crippen LogP contribution in [0.5, 0.6) is 0 Å². The molecule has 2 heterocycles. The number of fused-ring (bicyclic) bond motifs is 3. The Kier molecular flexibility index (Phi) is 12.3. The van der Waals surface area contributed by atoms with E-state index >= 15 is 0 Å². The highest BCUT2D eigenvalue weighted by molar-refractivity contribution is 7.19. The molecule has 0 spiro atoms. The largest absolute Gasteiger partial charge is 0.309 e. The van der Waals surface area contributed by atoms with Crippen LogP contribution in [0.15, 0.2) is 279 Å². The Hall–Kier alpha value is -10.6. The van der Waals surface area contributed by atoms with Crippen LogP contribution in [-0.2, 0) is 0 Å². The maximum absolute atomic E-state index is 7.58. The monoisotopic (exact) mass is 1010 g/mol. The molecule has 13 rings (SSSR count). The summed E-state index contributed by atoms with van der Waals surface area (Å²) in [5.74, 6) is 1.72. The zero-order chi connectivity index (χ0) is 52.4. The van der Waals surface area contributed by atoms with Crippen LogP contribution in [0, 0.1) is 13.1 Å². The van der Waals surface area contributed by atoms with Crippen LogP contribution in [0.3, 0.4) is 0 Å². The van der Waals surface area contributed by atoms with Crippen molar-refractivity contribution >= 4 is 62.0 Å². The van der Waals surface area contributed by atoms with Gasteiger partial charge in [-0.05, 0) is 90.5 Å². The fourth-order valence-corrected chi connectivity index (χ4v) is 15.9. The van der Waals surface area contributed by atoms with Crippen LogP contribution >= 0.6 is 0 Å². The second-order valence-corrected chi connectivity index (χ2v) is 23.1. The first-order valence-electron chi connectivity index (χ1n) is 25.9. The molecule has 0 bridgehead atoms. The lowest BCUT2D eigenvalue weighted by atomic mass is 9.98. The SMILES string of the molecule is [C-]#[N+]c1ccc(-c2ccc3c(c2)c2cc(-c4ccc([N+]#[C-])cc4)ccc2n3-c2ccc(-c3cccc([Si](c4ccccc4)(c4ccccc4)c4ccccc4)c3)c(-c3nc(-c4ccccc4)nc(-c4ccccc4)n3)c2)cc1. The van der Waals surface area contributed by atoms with Crippen LogP contribution in [0.1, 0.15) is 0 Å². The maximum atomic E-state index is 7.58. The standard InChI is InChI=1S/C71H46N6Si/c1-72-56-37-31-49(32-38-56)53-35-43-67-64(46-53)65-47-54(50-33-39-57(73-2)40-34-50)36-44-68(65)77(67)58-41-42-63(66(48-58)71-75-69(51-19-8-3-9-20-51)74-70(76-71)52-21-10-4-11-22-52)55-23-18-30-62(45-55)78(59-24-12-5-13-25-59,60-26-14-6-15-27-60)61-28-16-7-17-29-61/h3-48H. The summed E-state index contributed by atoms with van der Waals surface area (Å²) in [5, 5.41) is 7.31. The smallest absolute Gasteiger partial charge is 0.187 e. The Morgan fingerprint density at radius 2 is 0.692 bits per heavy atom. The van der Waals surface area contributed by atoms with Crippen molar-refractivity contribution in [2.75, 3.05) is 0 Å². The molecule has 0 aliphatic carbocycles. The average Bonchev–Trinajstić information content (AvgIpc) is 4.06. The number of benzene rings is 11. The lowest BCUT2D eigenvalue weighted by Crippen LogP contribution is -2.74. The van der Waals surface area contributed by atoms with E-state index in [-0.39, 0.29) is 0 Å². The molecular formula is C71H46N6Si. The van der Waals surface area contributed by atoms with Crippen molar-refractivity contribution in [1.29, 1.82) is 0 Å². The van der Waals surface area contributed by atoms with E-state index in [1.165, 1.54) is 20.7 Å². The molecule has 11 aromatic carbocycles. The summed E-state index contributed by atoms with van der Waals surface area (Å²) in [6, 6.07) is 98.1. The van der Waals surface area contributed by atoms with Gasteiger partial charge in [0.15, 0.2) is 36.9 Å². The molecule has 7 heteroatoms.